The second-order valence-electron chi connectivity index (χ2n) is 6.47. The molecule has 2 aromatic rings. The number of ether oxygens (including phenoxy) is 3. The molecule has 9 heteroatoms. The lowest BCUT2D eigenvalue weighted by atomic mass is 10.2. The van der Waals surface area contributed by atoms with Gasteiger partial charge in [0.2, 0.25) is 22.7 Å². The van der Waals surface area contributed by atoms with Crippen LogP contribution in [0.3, 0.4) is 0 Å². The number of amides is 1. The van der Waals surface area contributed by atoms with E-state index in [1.165, 1.54) is 14.0 Å². The SMILES string of the molecule is COc1ccc(C)cc1N([C@@H](C)C(=O)Nc1ccc2c(c1)OCO2)S(C)(=O)=O. The van der Waals surface area contributed by atoms with E-state index < -0.39 is 22.0 Å². The van der Waals surface area contributed by atoms with Gasteiger partial charge in [-0.25, -0.2) is 8.42 Å². The monoisotopic (exact) mass is 406 g/mol. The summed E-state index contributed by atoms with van der Waals surface area (Å²) in [4.78, 5) is 12.8. The fourth-order valence-corrected chi connectivity index (χ4v) is 4.14. The molecular weight excluding hydrogens is 384 g/mol. The second-order valence-corrected chi connectivity index (χ2v) is 8.33. The summed E-state index contributed by atoms with van der Waals surface area (Å²) in [6.45, 7) is 3.48. The van der Waals surface area contributed by atoms with Crippen LogP contribution in [0.5, 0.6) is 17.2 Å². The Labute approximate surface area is 164 Å². The summed E-state index contributed by atoms with van der Waals surface area (Å²) in [7, 11) is -2.32. The van der Waals surface area contributed by atoms with Crippen LogP contribution >= 0.6 is 0 Å². The zero-order valence-electron chi connectivity index (χ0n) is 16.1. The first-order chi connectivity index (χ1) is 13.2. The fraction of sp³-hybridized carbons (Fsp3) is 0.316. The number of fused-ring (bicyclic) bond motifs is 1. The van der Waals surface area contributed by atoms with E-state index in [4.69, 9.17) is 14.2 Å². The van der Waals surface area contributed by atoms with Crippen molar-refractivity contribution in [2.45, 2.75) is 19.9 Å². The summed E-state index contributed by atoms with van der Waals surface area (Å²) in [6, 6.07) is 9.10. The molecule has 3 rings (SSSR count). The van der Waals surface area contributed by atoms with Crippen LogP contribution in [0.4, 0.5) is 11.4 Å². The number of nitrogens with one attached hydrogen (secondary N) is 1. The lowest BCUT2D eigenvalue weighted by Gasteiger charge is -2.29. The molecule has 0 radical (unpaired) electrons. The number of anilines is 2. The van der Waals surface area contributed by atoms with Crippen LogP contribution in [0.15, 0.2) is 36.4 Å². The molecule has 1 atom stereocenters. The standard InChI is InChI=1S/C19H22N2O6S/c1-12-5-7-16(25-3)15(9-12)21(28(4,23)24)13(2)19(22)20-14-6-8-17-18(10-14)27-11-26-17/h5-10,13H,11H2,1-4H3,(H,20,22)/t13-/m0/s1. The summed E-state index contributed by atoms with van der Waals surface area (Å²) in [6.07, 6.45) is 1.05. The highest BCUT2D eigenvalue weighted by atomic mass is 32.2. The Morgan fingerprint density at radius 2 is 1.89 bits per heavy atom. The molecule has 1 heterocycles. The van der Waals surface area contributed by atoms with E-state index in [0.717, 1.165) is 16.1 Å². The number of aryl methyl sites for hydroxylation is 1. The van der Waals surface area contributed by atoms with Gasteiger partial charge in [-0.15, -0.1) is 0 Å². The van der Waals surface area contributed by atoms with Gasteiger partial charge < -0.3 is 19.5 Å². The summed E-state index contributed by atoms with van der Waals surface area (Å²) in [5, 5.41) is 2.72. The van der Waals surface area contributed by atoms with Crippen LogP contribution in [0.25, 0.3) is 0 Å². The van der Waals surface area contributed by atoms with Gasteiger partial charge in [0.1, 0.15) is 11.8 Å². The van der Waals surface area contributed by atoms with Crippen LogP contribution in [0.1, 0.15) is 12.5 Å². The zero-order valence-corrected chi connectivity index (χ0v) is 16.9. The quantitative estimate of drug-likeness (QED) is 0.792. The third kappa shape index (κ3) is 3.99. The van der Waals surface area contributed by atoms with E-state index in [1.54, 1.807) is 36.4 Å². The molecule has 1 amide bonds. The van der Waals surface area contributed by atoms with E-state index in [2.05, 4.69) is 5.32 Å². The van der Waals surface area contributed by atoms with Gasteiger partial charge in [-0.1, -0.05) is 6.07 Å². The summed E-state index contributed by atoms with van der Waals surface area (Å²) < 4.78 is 41.9. The van der Waals surface area contributed by atoms with Crippen LogP contribution in [-0.2, 0) is 14.8 Å². The highest BCUT2D eigenvalue weighted by molar-refractivity contribution is 7.92. The van der Waals surface area contributed by atoms with Crippen molar-refractivity contribution in [2.24, 2.45) is 0 Å². The molecule has 0 saturated heterocycles. The van der Waals surface area contributed by atoms with Gasteiger partial charge >= 0.3 is 0 Å². The van der Waals surface area contributed by atoms with Gasteiger partial charge in [0.25, 0.3) is 0 Å². The molecule has 1 aliphatic heterocycles. The molecule has 1 aliphatic rings. The average molecular weight is 406 g/mol. The Hall–Kier alpha value is -2.94. The molecule has 2 aromatic carbocycles. The van der Waals surface area contributed by atoms with E-state index in [-0.39, 0.29) is 6.79 Å². The van der Waals surface area contributed by atoms with E-state index >= 15 is 0 Å². The van der Waals surface area contributed by atoms with E-state index in [0.29, 0.717) is 28.6 Å². The maximum atomic E-state index is 12.8. The van der Waals surface area contributed by atoms with Crippen LogP contribution in [0.2, 0.25) is 0 Å². The van der Waals surface area contributed by atoms with Gasteiger partial charge in [-0.2, -0.15) is 0 Å². The topological polar surface area (TPSA) is 94.2 Å². The molecule has 150 valence electrons. The van der Waals surface area contributed by atoms with Crippen molar-refractivity contribution in [3.63, 3.8) is 0 Å². The lowest BCUT2D eigenvalue weighted by Crippen LogP contribution is -2.45. The smallest absolute Gasteiger partial charge is 0.247 e. The molecule has 8 nitrogen and oxygen atoms in total. The number of carbonyl (C=O) groups excluding carboxylic acids is 1. The number of hydrogen-bond donors (Lipinski definition) is 1. The van der Waals surface area contributed by atoms with Gasteiger partial charge in [0, 0.05) is 11.8 Å². The van der Waals surface area contributed by atoms with Gasteiger partial charge in [-0.05, 0) is 43.7 Å². The largest absolute Gasteiger partial charge is 0.495 e. The fourth-order valence-electron chi connectivity index (χ4n) is 2.97. The number of benzene rings is 2. The molecule has 0 aromatic heterocycles. The maximum absolute atomic E-state index is 12.8. The Bertz CT molecular complexity index is 1010. The number of carbonyl (C=O) groups is 1. The molecule has 1 N–H and O–H groups in total. The average Bonchev–Trinajstić information content (AvgIpc) is 3.08. The van der Waals surface area contributed by atoms with Gasteiger partial charge in [0.15, 0.2) is 11.5 Å². The lowest BCUT2D eigenvalue weighted by molar-refractivity contribution is -0.116. The first-order valence-corrected chi connectivity index (χ1v) is 10.4. The number of sulfonamides is 1. The Kier molecular flexibility index (Phi) is 5.37. The highest BCUT2D eigenvalue weighted by Crippen LogP contribution is 2.35. The number of methoxy groups -OCH3 is 1. The molecule has 0 saturated carbocycles. The van der Waals surface area contributed by atoms with E-state index in [9.17, 15) is 13.2 Å². The maximum Gasteiger partial charge on any atom is 0.247 e. The molecule has 0 spiro atoms. The minimum atomic E-state index is -3.77. The predicted molar refractivity (Wildman–Crippen MR) is 106 cm³/mol. The van der Waals surface area contributed by atoms with Crippen LogP contribution in [0, 0.1) is 6.92 Å². The summed E-state index contributed by atoms with van der Waals surface area (Å²) >= 11 is 0. The number of hydrogen-bond acceptors (Lipinski definition) is 6. The van der Waals surface area contributed by atoms with Crippen molar-refractivity contribution >= 4 is 27.3 Å². The van der Waals surface area contributed by atoms with Crippen molar-refractivity contribution < 1.29 is 27.4 Å². The van der Waals surface area contributed by atoms with Crippen LogP contribution < -0.4 is 23.8 Å². The normalized spacial score (nSPS) is 13.7. The van der Waals surface area contributed by atoms with Crippen molar-refractivity contribution in [3.05, 3.63) is 42.0 Å². The molecule has 28 heavy (non-hydrogen) atoms. The Balaban J connectivity index is 1.91. The molecule has 0 unspecified atom stereocenters. The first kappa shape index (κ1) is 19.8. The van der Waals surface area contributed by atoms with Crippen molar-refractivity contribution in [3.8, 4) is 17.2 Å². The summed E-state index contributed by atoms with van der Waals surface area (Å²) in [5.74, 6) is 0.977. The Morgan fingerprint density at radius 3 is 2.57 bits per heavy atom. The molecule has 0 fully saturated rings. The minimum Gasteiger partial charge on any atom is -0.495 e. The zero-order chi connectivity index (χ0) is 20.5. The second kappa shape index (κ2) is 7.59. The van der Waals surface area contributed by atoms with Crippen molar-refractivity contribution in [2.75, 3.05) is 29.8 Å². The van der Waals surface area contributed by atoms with Gasteiger partial charge in [0.05, 0.1) is 19.1 Å². The first-order valence-electron chi connectivity index (χ1n) is 8.55. The summed E-state index contributed by atoms with van der Waals surface area (Å²) in [5.41, 5.74) is 1.62. The highest BCUT2D eigenvalue weighted by Gasteiger charge is 2.31. The molecule has 0 aliphatic carbocycles. The molecular formula is C19H22N2O6S. The third-order valence-corrected chi connectivity index (χ3v) is 5.53. The predicted octanol–water partition coefficient (Wildman–Crippen LogP) is 2.53. The van der Waals surface area contributed by atoms with Crippen LogP contribution in [-0.4, -0.2) is 40.5 Å². The number of rotatable bonds is 6. The minimum absolute atomic E-state index is 0.123. The Morgan fingerprint density at radius 1 is 1.18 bits per heavy atom. The van der Waals surface area contributed by atoms with E-state index in [1.807, 2.05) is 6.92 Å². The van der Waals surface area contributed by atoms with Crippen molar-refractivity contribution in [1.82, 2.24) is 0 Å². The van der Waals surface area contributed by atoms with Gasteiger partial charge in [-0.3, -0.25) is 9.10 Å². The van der Waals surface area contributed by atoms with Crippen molar-refractivity contribution in [1.29, 1.82) is 0 Å². The number of nitrogens with zero attached hydrogens (tertiary/aromatic N) is 1. The molecule has 0 bridgehead atoms. The third-order valence-electron chi connectivity index (χ3n) is 4.30.